The van der Waals surface area contributed by atoms with Crippen LogP contribution in [0, 0.1) is 11.8 Å². The normalized spacial score (nSPS) is 10.1. The molecule has 0 spiro atoms. The molecule has 0 heterocycles. The molecule has 0 atom stereocenters. The smallest absolute Gasteiger partial charge is 0.298 e. The second kappa shape index (κ2) is 9.23. The van der Waals surface area contributed by atoms with E-state index >= 15 is 0 Å². The van der Waals surface area contributed by atoms with Crippen LogP contribution < -0.4 is 5.32 Å². The van der Waals surface area contributed by atoms with E-state index in [0.717, 1.165) is 16.7 Å². The Morgan fingerprint density at radius 2 is 1.52 bits per heavy atom. The molecule has 0 fully saturated rings. The summed E-state index contributed by atoms with van der Waals surface area (Å²) in [5, 5.41) is 6.81. The van der Waals surface area contributed by atoms with Gasteiger partial charge in [-0.05, 0) is 54.1 Å². The van der Waals surface area contributed by atoms with Crippen molar-refractivity contribution in [2.75, 3.05) is 5.32 Å². The zero-order valence-corrected chi connectivity index (χ0v) is 15.0. The van der Waals surface area contributed by atoms with E-state index in [2.05, 4.69) is 22.3 Å². The lowest BCUT2D eigenvalue weighted by Gasteiger charge is -2.02. The van der Waals surface area contributed by atoms with Gasteiger partial charge in [0.2, 0.25) is 0 Å². The second-order valence-electron chi connectivity index (χ2n) is 5.48. The molecule has 0 saturated heterocycles. The fourth-order valence-electron chi connectivity index (χ4n) is 2.13. The molecule has 0 aliphatic carbocycles. The minimum atomic E-state index is -0.682. The van der Waals surface area contributed by atoms with Gasteiger partial charge < -0.3 is 0 Å². The number of carbonyl (C=O) groups excluding carboxylic acids is 1. The molecule has 4 nitrogen and oxygen atoms in total. The van der Waals surface area contributed by atoms with E-state index in [9.17, 15) is 4.79 Å². The van der Waals surface area contributed by atoms with Crippen molar-refractivity contribution in [3.63, 3.8) is 0 Å². The summed E-state index contributed by atoms with van der Waals surface area (Å²) >= 11 is 5.79. The molecule has 3 aromatic rings. The number of benzene rings is 3. The third-order valence-electron chi connectivity index (χ3n) is 3.46. The molecule has 0 radical (unpaired) electrons. The maximum absolute atomic E-state index is 11.7. The van der Waals surface area contributed by atoms with Crippen molar-refractivity contribution in [1.82, 2.24) is 0 Å². The molecule has 3 aromatic carbocycles. The van der Waals surface area contributed by atoms with Crippen LogP contribution in [-0.4, -0.2) is 12.3 Å². The Labute approximate surface area is 162 Å². The van der Waals surface area contributed by atoms with Crippen LogP contribution >= 0.6 is 11.6 Å². The summed E-state index contributed by atoms with van der Waals surface area (Å²) in [6.45, 7) is 0. The second-order valence-corrected chi connectivity index (χ2v) is 5.92. The first-order chi connectivity index (χ1) is 13.2. The van der Waals surface area contributed by atoms with Gasteiger partial charge in [0.15, 0.2) is 0 Å². The lowest BCUT2D eigenvalue weighted by atomic mass is 10.1. The predicted molar refractivity (Wildman–Crippen MR) is 108 cm³/mol. The van der Waals surface area contributed by atoms with Crippen molar-refractivity contribution in [2.24, 2.45) is 5.16 Å². The Hall–Kier alpha value is -3.55. The van der Waals surface area contributed by atoms with Crippen LogP contribution in [0.2, 0.25) is 5.02 Å². The van der Waals surface area contributed by atoms with Crippen molar-refractivity contribution in [2.45, 2.75) is 0 Å². The highest BCUT2D eigenvalue weighted by atomic mass is 35.5. The monoisotopic (exact) mass is 374 g/mol. The Balaban J connectivity index is 1.52. The van der Waals surface area contributed by atoms with Gasteiger partial charge in [-0.3, -0.25) is 10.2 Å². The number of oxime groups is 1. The summed E-state index contributed by atoms with van der Waals surface area (Å²) in [5.74, 6) is 6.19. The molecule has 0 saturated carbocycles. The van der Waals surface area contributed by atoms with E-state index in [1.807, 2.05) is 54.6 Å². The minimum absolute atomic E-state index is 0.570. The molecular formula is C22H15ClN2O2. The van der Waals surface area contributed by atoms with Crippen LogP contribution in [-0.2, 0) is 4.84 Å². The molecule has 1 amide bonds. The van der Waals surface area contributed by atoms with Crippen LogP contribution in [0.25, 0.3) is 0 Å². The maximum Gasteiger partial charge on any atom is 0.437 e. The van der Waals surface area contributed by atoms with Crippen LogP contribution in [0.4, 0.5) is 10.5 Å². The number of anilines is 1. The SMILES string of the molecule is O=C(Nc1ccc(Cl)cc1)O/N=C\c1ccc(C#Cc2ccccc2)cc1. The number of rotatable bonds is 3. The number of halogens is 1. The van der Waals surface area contributed by atoms with Crippen LogP contribution in [0.15, 0.2) is 84.0 Å². The lowest BCUT2D eigenvalue weighted by molar-refractivity contribution is 0.167. The molecule has 1 N–H and O–H groups in total. The van der Waals surface area contributed by atoms with E-state index in [-0.39, 0.29) is 0 Å². The number of amides is 1. The molecular weight excluding hydrogens is 360 g/mol. The van der Waals surface area contributed by atoms with Crippen LogP contribution in [0.3, 0.4) is 0 Å². The molecule has 5 heteroatoms. The number of nitrogens with one attached hydrogen (secondary N) is 1. The Kier molecular flexibility index (Phi) is 6.24. The third-order valence-corrected chi connectivity index (χ3v) is 3.72. The maximum atomic E-state index is 11.7. The van der Waals surface area contributed by atoms with Gasteiger partial charge in [-0.2, -0.15) is 0 Å². The number of nitrogens with zero attached hydrogens (tertiary/aromatic N) is 1. The van der Waals surface area contributed by atoms with Gasteiger partial charge in [0.25, 0.3) is 0 Å². The lowest BCUT2D eigenvalue weighted by Crippen LogP contribution is -2.10. The van der Waals surface area contributed by atoms with Gasteiger partial charge in [0, 0.05) is 21.8 Å². The molecule has 0 bridgehead atoms. The molecule has 0 unspecified atom stereocenters. The zero-order valence-electron chi connectivity index (χ0n) is 14.2. The highest BCUT2D eigenvalue weighted by Gasteiger charge is 2.02. The minimum Gasteiger partial charge on any atom is -0.298 e. The molecule has 132 valence electrons. The van der Waals surface area contributed by atoms with Crippen molar-refractivity contribution in [3.8, 4) is 11.8 Å². The third kappa shape index (κ3) is 6.03. The first-order valence-electron chi connectivity index (χ1n) is 8.13. The van der Waals surface area contributed by atoms with Gasteiger partial charge in [0.1, 0.15) is 0 Å². The van der Waals surface area contributed by atoms with Crippen molar-refractivity contribution >= 4 is 29.6 Å². The fraction of sp³-hybridized carbons (Fsp3) is 0. The van der Waals surface area contributed by atoms with E-state index in [4.69, 9.17) is 16.4 Å². The fourth-order valence-corrected chi connectivity index (χ4v) is 2.25. The largest absolute Gasteiger partial charge is 0.437 e. The van der Waals surface area contributed by atoms with Gasteiger partial charge in [-0.15, -0.1) is 0 Å². The summed E-state index contributed by atoms with van der Waals surface area (Å²) in [6.07, 6.45) is 0.773. The Morgan fingerprint density at radius 3 is 2.19 bits per heavy atom. The molecule has 27 heavy (non-hydrogen) atoms. The van der Waals surface area contributed by atoms with Gasteiger partial charge in [-0.1, -0.05) is 58.9 Å². The average molecular weight is 375 g/mol. The van der Waals surface area contributed by atoms with Crippen molar-refractivity contribution in [1.29, 1.82) is 0 Å². The number of hydrogen-bond acceptors (Lipinski definition) is 3. The van der Waals surface area contributed by atoms with Gasteiger partial charge in [0.05, 0.1) is 6.21 Å². The summed E-state index contributed by atoms with van der Waals surface area (Å²) in [6, 6.07) is 23.9. The van der Waals surface area contributed by atoms with Gasteiger partial charge >= 0.3 is 6.09 Å². The van der Waals surface area contributed by atoms with E-state index in [1.165, 1.54) is 6.21 Å². The average Bonchev–Trinajstić information content (AvgIpc) is 2.70. The first-order valence-corrected chi connectivity index (χ1v) is 8.51. The molecule has 0 aromatic heterocycles. The van der Waals surface area contributed by atoms with Gasteiger partial charge in [-0.25, -0.2) is 4.79 Å². The molecule has 3 rings (SSSR count). The van der Waals surface area contributed by atoms with E-state index < -0.39 is 6.09 Å². The van der Waals surface area contributed by atoms with Crippen LogP contribution in [0.1, 0.15) is 16.7 Å². The summed E-state index contributed by atoms with van der Waals surface area (Å²) < 4.78 is 0. The molecule has 0 aliphatic rings. The standard InChI is InChI=1S/C22H15ClN2O2/c23-20-12-14-21(15-13-20)25-22(26)27-24-16-19-10-8-18(9-11-19)7-6-17-4-2-1-3-5-17/h1-5,8-16H,(H,25,26)/b24-16-. The van der Waals surface area contributed by atoms with Crippen molar-refractivity contribution < 1.29 is 9.63 Å². The Morgan fingerprint density at radius 1 is 0.889 bits per heavy atom. The zero-order chi connectivity index (χ0) is 18.9. The van der Waals surface area contributed by atoms with Crippen molar-refractivity contribution in [3.05, 3.63) is 101 Å². The topological polar surface area (TPSA) is 50.7 Å². The highest BCUT2D eigenvalue weighted by molar-refractivity contribution is 6.30. The quantitative estimate of drug-likeness (QED) is 0.292. The molecule has 0 aliphatic heterocycles. The first kappa shape index (κ1) is 18.2. The van der Waals surface area contributed by atoms with E-state index in [1.54, 1.807) is 24.3 Å². The highest BCUT2D eigenvalue weighted by Crippen LogP contribution is 2.13. The van der Waals surface area contributed by atoms with Crippen LogP contribution in [0.5, 0.6) is 0 Å². The summed E-state index contributed by atoms with van der Waals surface area (Å²) in [7, 11) is 0. The summed E-state index contributed by atoms with van der Waals surface area (Å²) in [5.41, 5.74) is 3.21. The summed E-state index contributed by atoms with van der Waals surface area (Å²) in [4.78, 5) is 16.4. The Bertz CT molecular complexity index is 986. The van der Waals surface area contributed by atoms with E-state index in [0.29, 0.717) is 10.7 Å². The number of hydrogen-bond donors (Lipinski definition) is 1. The number of carbonyl (C=O) groups is 1. The predicted octanol–water partition coefficient (Wildman–Crippen LogP) is 5.32.